The standard InChI is InChI=1S/C17H27N3O/c1-13(14-5-4-10-18-12-14)11-17(21)19-15-6-8-16(9-7-15)20(2)3/h6-9,13-14,18H,4-5,10-12H2,1-3H3,(H,19,21). The van der Waals surface area contributed by atoms with Gasteiger partial charge >= 0.3 is 0 Å². The van der Waals surface area contributed by atoms with Crippen molar-refractivity contribution < 1.29 is 4.79 Å². The first-order valence-corrected chi connectivity index (χ1v) is 7.84. The topological polar surface area (TPSA) is 44.4 Å². The van der Waals surface area contributed by atoms with Crippen LogP contribution in [0, 0.1) is 11.8 Å². The van der Waals surface area contributed by atoms with E-state index in [2.05, 4.69) is 17.6 Å². The Kier molecular flexibility index (Phi) is 5.62. The van der Waals surface area contributed by atoms with Gasteiger partial charge in [-0.15, -0.1) is 0 Å². The zero-order valence-electron chi connectivity index (χ0n) is 13.4. The summed E-state index contributed by atoms with van der Waals surface area (Å²) in [5.74, 6) is 1.17. The second-order valence-electron chi connectivity index (χ2n) is 6.28. The molecule has 1 aromatic carbocycles. The molecule has 1 amide bonds. The highest BCUT2D eigenvalue weighted by atomic mass is 16.1. The van der Waals surface area contributed by atoms with E-state index in [4.69, 9.17) is 0 Å². The molecule has 2 rings (SSSR count). The van der Waals surface area contributed by atoms with E-state index >= 15 is 0 Å². The lowest BCUT2D eigenvalue weighted by atomic mass is 9.85. The smallest absolute Gasteiger partial charge is 0.224 e. The highest BCUT2D eigenvalue weighted by Gasteiger charge is 2.21. The van der Waals surface area contributed by atoms with E-state index in [1.54, 1.807) is 0 Å². The van der Waals surface area contributed by atoms with Crippen LogP contribution in [0.1, 0.15) is 26.2 Å². The van der Waals surface area contributed by atoms with Gasteiger partial charge in [-0.1, -0.05) is 6.92 Å². The number of rotatable bonds is 5. The Morgan fingerprint density at radius 2 is 2.10 bits per heavy atom. The molecule has 2 atom stereocenters. The highest BCUT2D eigenvalue weighted by Crippen LogP contribution is 2.23. The number of nitrogens with one attached hydrogen (secondary N) is 2. The van der Waals surface area contributed by atoms with Gasteiger partial charge in [0.2, 0.25) is 5.91 Å². The van der Waals surface area contributed by atoms with Crippen molar-refractivity contribution in [2.75, 3.05) is 37.4 Å². The summed E-state index contributed by atoms with van der Waals surface area (Å²) < 4.78 is 0. The molecule has 1 aliphatic rings. The van der Waals surface area contributed by atoms with E-state index in [9.17, 15) is 4.79 Å². The molecule has 21 heavy (non-hydrogen) atoms. The van der Waals surface area contributed by atoms with Crippen LogP contribution < -0.4 is 15.5 Å². The molecule has 1 aromatic rings. The highest BCUT2D eigenvalue weighted by molar-refractivity contribution is 5.91. The van der Waals surface area contributed by atoms with Crippen LogP contribution in [-0.4, -0.2) is 33.1 Å². The molecule has 0 bridgehead atoms. The summed E-state index contributed by atoms with van der Waals surface area (Å²) in [6.45, 7) is 4.35. The van der Waals surface area contributed by atoms with Gasteiger partial charge in [0.15, 0.2) is 0 Å². The summed E-state index contributed by atoms with van der Waals surface area (Å²) in [6, 6.07) is 7.95. The number of carbonyl (C=O) groups is 1. The van der Waals surface area contributed by atoms with Gasteiger partial charge in [-0.25, -0.2) is 0 Å². The summed E-state index contributed by atoms with van der Waals surface area (Å²) in [6.07, 6.45) is 3.06. The van der Waals surface area contributed by atoms with Crippen LogP contribution in [0.3, 0.4) is 0 Å². The van der Waals surface area contributed by atoms with Crippen molar-refractivity contribution in [1.82, 2.24) is 5.32 Å². The zero-order valence-corrected chi connectivity index (χ0v) is 13.4. The maximum Gasteiger partial charge on any atom is 0.224 e. The Balaban J connectivity index is 1.83. The van der Waals surface area contributed by atoms with Crippen LogP contribution in [0.5, 0.6) is 0 Å². The van der Waals surface area contributed by atoms with Gasteiger partial charge < -0.3 is 15.5 Å². The van der Waals surface area contributed by atoms with Gasteiger partial charge in [-0.05, 0) is 62.0 Å². The number of benzene rings is 1. The maximum atomic E-state index is 12.1. The predicted octanol–water partition coefficient (Wildman–Crippen LogP) is 2.72. The summed E-state index contributed by atoms with van der Waals surface area (Å²) in [5, 5.41) is 6.42. The van der Waals surface area contributed by atoms with E-state index in [0.29, 0.717) is 18.3 Å². The largest absolute Gasteiger partial charge is 0.378 e. The molecule has 1 aliphatic heterocycles. The monoisotopic (exact) mass is 289 g/mol. The van der Waals surface area contributed by atoms with Crippen LogP contribution in [0.2, 0.25) is 0 Å². The molecule has 0 aromatic heterocycles. The van der Waals surface area contributed by atoms with E-state index in [1.165, 1.54) is 12.8 Å². The number of anilines is 2. The number of carbonyl (C=O) groups excluding carboxylic acids is 1. The minimum Gasteiger partial charge on any atom is -0.378 e. The van der Waals surface area contributed by atoms with Crippen molar-refractivity contribution in [3.8, 4) is 0 Å². The third-order valence-corrected chi connectivity index (χ3v) is 4.31. The van der Waals surface area contributed by atoms with Gasteiger partial charge in [0.05, 0.1) is 0 Å². The van der Waals surface area contributed by atoms with Crippen LogP contribution in [0.25, 0.3) is 0 Å². The molecule has 2 N–H and O–H groups in total. The molecular formula is C17H27N3O. The molecule has 1 saturated heterocycles. The van der Waals surface area contributed by atoms with Gasteiger partial charge in [0, 0.05) is 31.9 Å². The zero-order chi connectivity index (χ0) is 15.2. The van der Waals surface area contributed by atoms with E-state index in [-0.39, 0.29) is 5.91 Å². The minimum absolute atomic E-state index is 0.116. The fraction of sp³-hybridized carbons (Fsp3) is 0.588. The van der Waals surface area contributed by atoms with Crippen LogP contribution in [0.15, 0.2) is 24.3 Å². The van der Waals surface area contributed by atoms with Crippen molar-refractivity contribution >= 4 is 17.3 Å². The number of hydrogen-bond donors (Lipinski definition) is 2. The summed E-state index contributed by atoms with van der Waals surface area (Å²) in [7, 11) is 4.01. The molecule has 0 radical (unpaired) electrons. The van der Waals surface area contributed by atoms with Gasteiger partial charge in [0.1, 0.15) is 0 Å². The third kappa shape index (κ3) is 4.74. The van der Waals surface area contributed by atoms with E-state index in [1.807, 2.05) is 43.3 Å². The Hall–Kier alpha value is -1.55. The first kappa shape index (κ1) is 15.8. The van der Waals surface area contributed by atoms with Crippen LogP contribution >= 0.6 is 0 Å². The van der Waals surface area contributed by atoms with Crippen molar-refractivity contribution in [3.63, 3.8) is 0 Å². The SMILES string of the molecule is CC(CC(=O)Nc1ccc(N(C)C)cc1)C1CCCNC1. The number of nitrogens with zero attached hydrogens (tertiary/aromatic N) is 1. The average molecular weight is 289 g/mol. The first-order chi connectivity index (χ1) is 10.1. The van der Waals surface area contributed by atoms with Crippen molar-refractivity contribution in [2.24, 2.45) is 11.8 Å². The minimum atomic E-state index is 0.116. The predicted molar refractivity (Wildman–Crippen MR) is 88.8 cm³/mol. The summed E-state index contributed by atoms with van der Waals surface area (Å²) in [4.78, 5) is 14.2. The van der Waals surface area contributed by atoms with Gasteiger partial charge in [-0.2, -0.15) is 0 Å². The van der Waals surface area contributed by atoms with E-state index < -0.39 is 0 Å². The van der Waals surface area contributed by atoms with Crippen LogP contribution in [0.4, 0.5) is 11.4 Å². The van der Waals surface area contributed by atoms with Crippen molar-refractivity contribution in [1.29, 1.82) is 0 Å². The van der Waals surface area contributed by atoms with E-state index in [0.717, 1.165) is 24.5 Å². The number of piperidine rings is 1. The number of amides is 1. The second kappa shape index (κ2) is 7.46. The quantitative estimate of drug-likeness (QED) is 0.876. The lowest BCUT2D eigenvalue weighted by Crippen LogP contribution is -2.34. The van der Waals surface area contributed by atoms with Crippen molar-refractivity contribution in [3.05, 3.63) is 24.3 Å². The third-order valence-electron chi connectivity index (χ3n) is 4.31. The summed E-state index contributed by atoms with van der Waals surface area (Å²) >= 11 is 0. The molecule has 1 fully saturated rings. The fourth-order valence-electron chi connectivity index (χ4n) is 2.88. The lowest BCUT2D eigenvalue weighted by Gasteiger charge is -2.28. The first-order valence-electron chi connectivity index (χ1n) is 7.84. The Morgan fingerprint density at radius 3 is 2.67 bits per heavy atom. The average Bonchev–Trinajstić information content (AvgIpc) is 2.48. The molecule has 0 aliphatic carbocycles. The maximum absolute atomic E-state index is 12.1. The van der Waals surface area contributed by atoms with Crippen molar-refractivity contribution in [2.45, 2.75) is 26.2 Å². The molecule has 2 unspecified atom stereocenters. The van der Waals surface area contributed by atoms with Gasteiger partial charge in [0.25, 0.3) is 0 Å². The summed E-state index contributed by atoms with van der Waals surface area (Å²) in [5.41, 5.74) is 2.01. The Labute approximate surface area is 127 Å². The molecule has 4 heteroatoms. The van der Waals surface area contributed by atoms with Crippen LogP contribution in [-0.2, 0) is 4.79 Å². The Morgan fingerprint density at radius 1 is 1.38 bits per heavy atom. The lowest BCUT2D eigenvalue weighted by molar-refractivity contribution is -0.117. The molecule has 4 nitrogen and oxygen atoms in total. The molecule has 116 valence electrons. The Bertz CT molecular complexity index is 450. The molecule has 0 saturated carbocycles. The molecule has 1 heterocycles. The fourth-order valence-corrected chi connectivity index (χ4v) is 2.88. The number of hydrogen-bond acceptors (Lipinski definition) is 3. The van der Waals surface area contributed by atoms with Gasteiger partial charge in [-0.3, -0.25) is 4.79 Å². The normalized spacial score (nSPS) is 19.9. The molecular weight excluding hydrogens is 262 g/mol. The second-order valence-corrected chi connectivity index (χ2v) is 6.28. The molecule has 0 spiro atoms.